The number of carbonyl (C=O) groups excluding carboxylic acids is 1. The van der Waals surface area contributed by atoms with Crippen molar-refractivity contribution >= 4 is 62.5 Å². The number of aromatic hydroxyl groups is 1. The first kappa shape index (κ1) is 20.0. The van der Waals surface area contributed by atoms with Crippen LogP contribution < -0.4 is 5.32 Å². The van der Waals surface area contributed by atoms with E-state index >= 15 is 0 Å². The zero-order valence-corrected chi connectivity index (χ0v) is 17.8. The van der Waals surface area contributed by atoms with Crippen molar-refractivity contribution in [3.63, 3.8) is 0 Å². The molecule has 0 radical (unpaired) electrons. The van der Waals surface area contributed by atoms with Crippen LogP contribution in [0, 0.1) is 0 Å². The Kier molecular flexibility index (Phi) is 6.31. The third-order valence-corrected chi connectivity index (χ3v) is 5.65. The Balaban J connectivity index is 1.70. The second kappa shape index (κ2) is 8.52. The summed E-state index contributed by atoms with van der Waals surface area (Å²) in [5.41, 5.74) is 0.994. The normalized spacial score (nSPS) is 10.8. The number of nitrogens with one attached hydrogen (secondary N) is 1. The Hall–Kier alpha value is -1.74. The fourth-order valence-corrected chi connectivity index (χ4v) is 3.68. The van der Waals surface area contributed by atoms with Gasteiger partial charge in [0.1, 0.15) is 5.75 Å². The molecule has 140 valence electrons. The third kappa shape index (κ3) is 4.76. The first-order valence-electron chi connectivity index (χ1n) is 7.61. The molecule has 1 amide bonds. The van der Waals surface area contributed by atoms with Gasteiger partial charge >= 0.3 is 0 Å². The first-order chi connectivity index (χ1) is 12.8. The maximum atomic E-state index is 12.2. The Labute approximate surface area is 178 Å². The molecule has 3 rings (SSSR count). The lowest BCUT2D eigenvalue weighted by Gasteiger charge is -2.08. The summed E-state index contributed by atoms with van der Waals surface area (Å²) in [7, 11) is 1.77. The van der Waals surface area contributed by atoms with Crippen LogP contribution >= 0.6 is 50.9 Å². The number of amides is 1. The van der Waals surface area contributed by atoms with Crippen molar-refractivity contribution in [1.29, 1.82) is 0 Å². The minimum Gasteiger partial charge on any atom is -0.507 e. The molecule has 0 unspecified atom stereocenters. The highest BCUT2D eigenvalue weighted by Crippen LogP contribution is 2.32. The molecule has 2 aromatic carbocycles. The predicted octanol–water partition coefficient (Wildman–Crippen LogP) is 4.99. The molecule has 0 aliphatic carbocycles. The lowest BCUT2D eigenvalue weighted by Crippen LogP contribution is -2.14. The molecular weight excluding hydrogens is 475 g/mol. The van der Waals surface area contributed by atoms with Gasteiger partial charge in [0, 0.05) is 16.5 Å². The number of benzene rings is 2. The molecule has 0 aliphatic rings. The molecule has 0 aliphatic heterocycles. The topological polar surface area (TPSA) is 80.0 Å². The number of nitrogens with zero attached hydrogens (tertiary/aromatic N) is 3. The molecule has 0 atom stereocenters. The predicted molar refractivity (Wildman–Crippen MR) is 112 cm³/mol. The molecular formula is C17H13BrCl2N4O2S. The van der Waals surface area contributed by atoms with E-state index in [-0.39, 0.29) is 17.4 Å². The van der Waals surface area contributed by atoms with E-state index in [0.29, 0.717) is 32.3 Å². The third-order valence-electron chi connectivity index (χ3n) is 3.57. The Bertz CT molecular complexity index is 1010. The smallest absolute Gasteiger partial charge is 0.234 e. The second-order valence-electron chi connectivity index (χ2n) is 5.49. The van der Waals surface area contributed by atoms with Crippen LogP contribution in [-0.2, 0) is 11.8 Å². The van der Waals surface area contributed by atoms with E-state index in [0.717, 1.165) is 4.47 Å². The number of hydrogen-bond acceptors (Lipinski definition) is 5. The van der Waals surface area contributed by atoms with Gasteiger partial charge in [0.25, 0.3) is 0 Å². The van der Waals surface area contributed by atoms with Crippen LogP contribution in [-0.4, -0.2) is 31.5 Å². The number of phenols is 1. The van der Waals surface area contributed by atoms with Gasteiger partial charge in [-0.2, -0.15) is 0 Å². The highest BCUT2D eigenvalue weighted by atomic mass is 79.9. The highest BCUT2D eigenvalue weighted by molar-refractivity contribution is 9.10. The van der Waals surface area contributed by atoms with Gasteiger partial charge in [0.05, 0.1) is 22.0 Å². The van der Waals surface area contributed by atoms with Crippen LogP contribution in [0.5, 0.6) is 5.75 Å². The van der Waals surface area contributed by atoms with E-state index in [4.69, 9.17) is 23.2 Å². The number of halogens is 3. The minimum atomic E-state index is -0.251. The number of phenolic OH excluding ortho intramolecular Hbond substituents is 1. The molecule has 6 nitrogen and oxygen atoms in total. The summed E-state index contributed by atoms with van der Waals surface area (Å²) < 4.78 is 2.52. The van der Waals surface area contributed by atoms with E-state index < -0.39 is 0 Å². The summed E-state index contributed by atoms with van der Waals surface area (Å²) in [5.74, 6) is 0.450. The maximum Gasteiger partial charge on any atom is 0.234 e. The molecule has 2 N–H and O–H groups in total. The van der Waals surface area contributed by atoms with Crippen molar-refractivity contribution in [2.45, 2.75) is 5.16 Å². The fourth-order valence-electron chi connectivity index (χ4n) is 2.27. The molecule has 1 aromatic heterocycles. The molecule has 0 fully saturated rings. The Morgan fingerprint density at radius 1 is 1.26 bits per heavy atom. The van der Waals surface area contributed by atoms with E-state index in [9.17, 15) is 9.90 Å². The van der Waals surface area contributed by atoms with Crippen molar-refractivity contribution in [3.05, 3.63) is 50.9 Å². The molecule has 0 saturated carbocycles. The lowest BCUT2D eigenvalue weighted by atomic mass is 10.2. The van der Waals surface area contributed by atoms with Crippen LogP contribution in [0.1, 0.15) is 0 Å². The Morgan fingerprint density at radius 3 is 2.81 bits per heavy atom. The van der Waals surface area contributed by atoms with Gasteiger partial charge in [-0.25, -0.2) is 0 Å². The van der Waals surface area contributed by atoms with Gasteiger partial charge in [0.2, 0.25) is 5.91 Å². The summed E-state index contributed by atoms with van der Waals surface area (Å²) in [6, 6.07) is 9.91. The first-order valence-corrected chi connectivity index (χ1v) is 10.1. The number of thioether (sulfide) groups is 1. The average molecular weight is 488 g/mol. The molecule has 0 spiro atoms. The summed E-state index contributed by atoms with van der Waals surface area (Å²) in [6.07, 6.45) is 0. The largest absolute Gasteiger partial charge is 0.507 e. The average Bonchev–Trinajstić information content (AvgIpc) is 2.99. The highest BCUT2D eigenvalue weighted by Gasteiger charge is 2.16. The minimum absolute atomic E-state index is 0.0959. The quantitative estimate of drug-likeness (QED) is 0.495. The maximum absolute atomic E-state index is 12.2. The van der Waals surface area contributed by atoms with Crippen molar-refractivity contribution in [3.8, 4) is 17.1 Å². The van der Waals surface area contributed by atoms with E-state index in [1.165, 1.54) is 11.8 Å². The number of anilines is 1. The van der Waals surface area contributed by atoms with Gasteiger partial charge in [0.15, 0.2) is 11.0 Å². The van der Waals surface area contributed by atoms with Crippen molar-refractivity contribution < 1.29 is 9.90 Å². The van der Waals surface area contributed by atoms with Gasteiger partial charge < -0.3 is 15.0 Å². The van der Waals surface area contributed by atoms with Crippen LogP contribution in [0.3, 0.4) is 0 Å². The zero-order valence-electron chi connectivity index (χ0n) is 13.9. The number of rotatable bonds is 5. The van der Waals surface area contributed by atoms with Gasteiger partial charge in [-0.3, -0.25) is 4.79 Å². The fraction of sp³-hybridized carbons (Fsp3) is 0.118. The summed E-state index contributed by atoms with van der Waals surface area (Å²) in [4.78, 5) is 12.2. The van der Waals surface area contributed by atoms with Crippen molar-refractivity contribution in [2.75, 3.05) is 11.1 Å². The molecule has 0 saturated heterocycles. The standard InChI is InChI=1S/C17H13BrCl2N4O2S/c1-24-16(11-6-9(18)2-5-14(11)25)22-23-17(24)27-8-15(26)21-13-7-10(19)3-4-12(13)20/h2-7,25H,8H2,1H3,(H,21,26). The molecule has 27 heavy (non-hydrogen) atoms. The van der Waals surface area contributed by atoms with Crippen LogP contribution in [0.4, 0.5) is 5.69 Å². The number of carbonyl (C=O) groups is 1. The van der Waals surface area contributed by atoms with Crippen molar-refractivity contribution in [1.82, 2.24) is 14.8 Å². The van der Waals surface area contributed by atoms with Crippen LogP contribution in [0.15, 0.2) is 46.0 Å². The zero-order chi connectivity index (χ0) is 19.6. The summed E-state index contributed by atoms with van der Waals surface area (Å²) in [6.45, 7) is 0. The van der Waals surface area contributed by atoms with E-state index in [1.807, 2.05) is 0 Å². The van der Waals surface area contributed by atoms with Crippen LogP contribution in [0.2, 0.25) is 10.0 Å². The molecule has 3 aromatic rings. The van der Waals surface area contributed by atoms with E-state index in [2.05, 4.69) is 31.4 Å². The monoisotopic (exact) mass is 486 g/mol. The SMILES string of the molecule is Cn1c(SCC(=O)Nc2cc(Cl)ccc2Cl)nnc1-c1cc(Br)ccc1O. The number of aromatic nitrogens is 3. The molecule has 10 heteroatoms. The second-order valence-corrected chi connectivity index (χ2v) is 8.19. The van der Waals surface area contributed by atoms with Gasteiger partial charge in [-0.15, -0.1) is 10.2 Å². The lowest BCUT2D eigenvalue weighted by molar-refractivity contribution is -0.113. The van der Waals surface area contributed by atoms with Crippen molar-refractivity contribution in [2.24, 2.45) is 7.05 Å². The van der Waals surface area contributed by atoms with Crippen LogP contribution in [0.25, 0.3) is 11.4 Å². The summed E-state index contributed by atoms with van der Waals surface area (Å²) >= 11 is 16.6. The van der Waals surface area contributed by atoms with E-state index in [1.54, 1.807) is 48.0 Å². The summed E-state index contributed by atoms with van der Waals surface area (Å²) in [5, 5.41) is 22.4. The number of hydrogen-bond donors (Lipinski definition) is 2. The Morgan fingerprint density at radius 2 is 2.04 bits per heavy atom. The van der Waals surface area contributed by atoms with Gasteiger partial charge in [-0.05, 0) is 36.4 Å². The molecule has 0 bridgehead atoms. The van der Waals surface area contributed by atoms with Gasteiger partial charge in [-0.1, -0.05) is 50.9 Å². The molecule has 1 heterocycles.